The molecule has 1 aromatic carbocycles. The zero-order valence-electron chi connectivity index (χ0n) is 9.08. The van der Waals surface area contributed by atoms with Gasteiger partial charge in [-0.1, -0.05) is 30.3 Å². The van der Waals surface area contributed by atoms with Gasteiger partial charge in [-0.05, 0) is 11.6 Å². The Balaban J connectivity index is 2.40. The van der Waals surface area contributed by atoms with Gasteiger partial charge >= 0.3 is 11.9 Å². The lowest BCUT2D eigenvalue weighted by Gasteiger charge is -2.05. The maximum Gasteiger partial charge on any atom is 0.330 e. The van der Waals surface area contributed by atoms with Crippen molar-refractivity contribution >= 4 is 18.0 Å². The van der Waals surface area contributed by atoms with Crippen molar-refractivity contribution in [2.45, 2.75) is 6.04 Å². The first-order valence-corrected chi connectivity index (χ1v) is 4.98. The van der Waals surface area contributed by atoms with Crippen molar-refractivity contribution in [1.29, 1.82) is 0 Å². The van der Waals surface area contributed by atoms with Gasteiger partial charge in [0.25, 0.3) is 0 Å². The van der Waals surface area contributed by atoms with Crippen molar-refractivity contribution in [3.8, 4) is 0 Å². The minimum absolute atomic E-state index is 0.340. The zero-order chi connectivity index (χ0) is 12.7. The minimum Gasteiger partial charge on any atom is -0.480 e. The summed E-state index contributed by atoms with van der Waals surface area (Å²) in [5.41, 5.74) is 6.02. The van der Waals surface area contributed by atoms with Crippen molar-refractivity contribution < 1.29 is 19.4 Å². The van der Waals surface area contributed by atoms with Gasteiger partial charge in [0.05, 0.1) is 0 Å². The molecule has 0 bridgehead atoms. The molecule has 3 N–H and O–H groups in total. The first-order valence-electron chi connectivity index (χ1n) is 4.98. The van der Waals surface area contributed by atoms with E-state index in [1.54, 1.807) is 6.08 Å². The fourth-order valence-corrected chi connectivity index (χ4v) is 1.02. The van der Waals surface area contributed by atoms with E-state index in [1.165, 1.54) is 6.08 Å². The summed E-state index contributed by atoms with van der Waals surface area (Å²) in [5, 5.41) is 8.47. The number of nitrogens with two attached hydrogens (primary N) is 1. The molecule has 1 rings (SSSR count). The fraction of sp³-hybridized carbons (Fsp3) is 0.167. The highest BCUT2D eigenvalue weighted by atomic mass is 16.5. The Morgan fingerprint density at radius 1 is 1.35 bits per heavy atom. The molecule has 0 amide bonds. The number of carbonyl (C=O) groups excluding carboxylic acids is 1. The molecular formula is C12H13NO4. The fourth-order valence-electron chi connectivity index (χ4n) is 1.02. The Hall–Kier alpha value is -2.14. The molecule has 0 fully saturated rings. The summed E-state index contributed by atoms with van der Waals surface area (Å²) in [4.78, 5) is 21.5. The molecule has 0 radical (unpaired) electrons. The lowest BCUT2D eigenvalue weighted by atomic mass is 10.2. The van der Waals surface area contributed by atoms with Gasteiger partial charge < -0.3 is 15.6 Å². The number of hydrogen-bond donors (Lipinski definition) is 2. The third-order valence-corrected chi connectivity index (χ3v) is 1.93. The number of ether oxygens (including phenoxy) is 1. The quantitative estimate of drug-likeness (QED) is 0.578. The van der Waals surface area contributed by atoms with Gasteiger partial charge in [-0.3, -0.25) is 4.79 Å². The minimum atomic E-state index is -1.20. The lowest BCUT2D eigenvalue weighted by Crippen LogP contribution is -2.35. The average molecular weight is 235 g/mol. The van der Waals surface area contributed by atoms with E-state index in [4.69, 9.17) is 10.8 Å². The number of hydrogen-bond acceptors (Lipinski definition) is 4. The molecule has 0 saturated heterocycles. The normalized spacial score (nSPS) is 12.3. The molecule has 0 heterocycles. The second kappa shape index (κ2) is 6.44. The third-order valence-electron chi connectivity index (χ3n) is 1.93. The molecule has 0 aromatic heterocycles. The average Bonchev–Trinajstić information content (AvgIpc) is 2.34. The maximum absolute atomic E-state index is 11.2. The van der Waals surface area contributed by atoms with Crippen LogP contribution in [0.3, 0.4) is 0 Å². The molecule has 0 aliphatic carbocycles. The highest BCUT2D eigenvalue weighted by molar-refractivity contribution is 5.87. The molecule has 1 aromatic rings. The maximum atomic E-state index is 11.2. The summed E-state index contributed by atoms with van der Waals surface area (Å²) in [6.07, 6.45) is 2.80. The van der Waals surface area contributed by atoms with Crippen LogP contribution in [0.15, 0.2) is 36.4 Å². The van der Waals surface area contributed by atoms with E-state index < -0.39 is 18.0 Å². The van der Waals surface area contributed by atoms with Crippen molar-refractivity contribution in [2.75, 3.05) is 6.61 Å². The smallest absolute Gasteiger partial charge is 0.330 e. The molecule has 1 atom stereocenters. The van der Waals surface area contributed by atoms with Gasteiger partial charge in [-0.25, -0.2) is 4.79 Å². The van der Waals surface area contributed by atoms with Crippen LogP contribution in [0, 0.1) is 0 Å². The Morgan fingerprint density at radius 3 is 2.59 bits per heavy atom. The zero-order valence-corrected chi connectivity index (χ0v) is 9.08. The number of carboxylic acids is 1. The van der Waals surface area contributed by atoms with Crippen LogP contribution in [0.1, 0.15) is 5.56 Å². The van der Waals surface area contributed by atoms with Crippen molar-refractivity contribution in [1.82, 2.24) is 0 Å². The van der Waals surface area contributed by atoms with Crippen LogP contribution in [0.2, 0.25) is 0 Å². The molecule has 0 aliphatic rings. The third kappa shape index (κ3) is 4.94. The molecule has 0 aliphatic heterocycles. The Bertz CT molecular complexity index is 414. The Morgan fingerprint density at radius 2 is 2.00 bits per heavy atom. The molecule has 0 saturated carbocycles. The first kappa shape index (κ1) is 12.9. The number of rotatable bonds is 5. The van der Waals surface area contributed by atoms with Gasteiger partial charge in [0.15, 0.2) is 0 Å². The number of benzene rings is 1. The Kier molecular flexibility index (Phi) is 4.90. The molecule has 1 unspecified atom stereocenters. The summed E-state index contributed by atoms with van der Waals surface area (Å²) in [6.45, 7) is -0.340. The van der Waals surface area contributed by atoms with Crippen LogP contribution in [-0.2, 0) is 14.3 Å². The molecule has 5 heteroatoms. The molecule has 90 valence electrons. The van der Waals surface area contributed by atoms with Crippen LogP contribution >= 0.6 is 0 Å². The topological polar surface area (TPSA) is 89.6 Å². The van der Waals surface area contributed by atoms with Crippen molar-refractivity contribution in [3.05, 3.63) is 42.0 Å². The predicted octanol–water partition coefficient (Wildman–Crippen LogP) is 0.655. The van der Waals surface area contributed by atoms with Gasteiger partial charge in [0.1, 0.15) is 12.6 Å². The van der Waals surface area contributed by atoms with Crippen LogP contribution in [0.5, 0.6) is 0 Å². The molecular weight excluding hydrogens is 222 g/mol. The summed E-state index contributed by atoms with van der Waals surface area (Å²) >= 11 is 0. The van der Waals surface area contributed by atoms with Gasteiger partial charge in [0.2, 0.25) is 0 Å². The number of esters is 1. The highest BCUT2D eigenvalue weighted by Gasteiger charge is 2.12. The second-order valence-electron chi connectivity index (χ2n) is 3.32. The van der Waals surface area contributed by atoms with Crippen LogP contribution in [0.4, 0.5) is 0 Å². The van der Waals surface area contributed by atoms with E-state index >= 15 is 0 Å². The molecule has 17 heavy (non-hydrogen) atoms. The summed E-state index contributed by atoms with van der Waals surface area (Å²) < 4.78 is 4.66. The molecule has 5 nitrogen and oxygen atoms in total. The number of carboxylic acid groups (broad SMARTS) is 1. The van der Waals surface area contributed by atoms with E-state index in [2.05, 4.69) is 4.74 Å². The number of carbonyl (C=O) groups is 2. The summed E-state index contributed by atoms with van der Waals surface area (Å²) in [5.74, 6) is -1.82. The van der Waals surface area contributed by atoms with E-state index in [0.29, 0.717) is 0 Å². The van der Waals surface area contributed by atoms with Crippen LogP contribution in [0.25, 0.3) is 6.08 Å². The summed E-state index contributed by atoms with van der Waals surface area (Å²) in [7, 11) is 0. The number of aliphatic carboxylic acids is 1. The van der Waals surface area contributed by atoms with Gasteiger partial charge in [-0.2, -0.15) is 0 Å². The predicted molar refractivity (Wildman–Crippen MR) is 62.0 cm³/mol. The second-order valence-corrected chi connectivity index (χ2v) is 3.32. The molecule has 0 spiro atoms. The van der Waals surface area contributed by atoms with Gasteiger partial charge in [-0.15, -0.1) is 0 Å². The van der Waals surface area contributed by atoms with Crippen LogP contribution in [-0.4, -0.2) is 29.7 Å². The van der Waals surface area contributed by atoms with Crippen molar-refractivity contribution in [3.63, 3.8) is 0 Å². The Labute approximate surface area is 98.5 Å². The highest BCUT2D eigenvalue weighted by Crippen LogP contribution is 2.01. The summed E-state index contributed by atoms with van der Waals surface area (Å²) in [6, 6.07) is 8.00. The van der Waals surface area contributed by atoms with Crippen molar-refractivity contribution in [2.24, 2.45) is 5.73 Å². The first-order chi connectivity index (χ1) is 8.09. The SMILES string of the molecule is NC(COC(=O)/C=C/c1ccccc1)C(=O)O. The monoisotopic (exact) mass is 235 g/mol. The standard InChI is InChI=1S/C12H13NO4/c13-10(12(15)16)8-17-11(14)7-6-9-4-2-1-3-5-9/h1-7,10H,8,13H2,(H,15,16)/b7-6+. The van der Waals surface area contributed by atoms with E-state index in [0.717, 1.165) is 5.56 Å². The lowest BCUT2D eigenvalue weighted by molar-refractivity contribution is -0.144. The van der Waals surface area contributed by atoms with E-state index in [1.807, 2.05) is 30.3 Å². The van der Waals surface area contributed by atoms with Gasteiger partial charge in [0, 0.05) is 6.08 Å². The van der Waals surface area contributed by atoms with Crippen LogP contribution < -0.4 is 5.73 Å². The van der Waals surface area contributed by atoms with E-state index in [-0.39, 0.29) is 6.61 Å². The largest absolute Gasteiger partial charge is 0.480 e. The van der Waals surface area contributed by atoms with E-state index in [9.17, 15) is 9.59 Å².